The molecule has 8 nitrogen and oxygen atoms in total. The third-order valence-corrected chi connectivity index (χ3v) is 6.35. The van der Waals surface area contributed by atoms with Crippen molar-refractivity contribution in [3.05, 3.63) is 53.4 Å². The molecule has 0 bridgehead atoms. The van der Waals surface area contributed by atoms with E-state index in [-0.39, 0.29) is 5.82 Å². The summed E-state index contributed by atoms with van der Waals surface area (Å²) < 4.78 is 12.2. The Hall–Kier alpha value is -3.94. The van der Waals surface area contributed by atoms with Crippen molar-refractivity contribution in [2.24, 2.45) is 5.92 Å². The van der Waals surface area contributed by atoms with Crippen molar-refractivity contribution in [1.82, 2.24) is 19.9 Å². The lowest BCUT2D eigenvalue weighted by Crippen LogP contribution is -2.10. The Labute approximate surface area is 209 Å². The predicted octanol–water partition coefficient (Wildman–Crippen LogP) is 6.34. The minimum Gasteiger partial charge on any atom is -0.493 e. The van der Waals surface area contributed by atoms with Gasteiger partial charge in [0.05, 0.1) is 6.61 Å². The highest BCUT2D eigenvalue weighted by molar-refractivity contribution is 5.79. The van der Waals surface area contributed by atoms with Crippen LogP contribution in [-0.2, 0) is 0 Å². The first kappa shape index (κ1) is 23.8. The SMILES string of the molecule is CC(C)COc1cc2oc(C=Cc3ccc(-c4nc(O)nc(O)n4)cc3)nc2cc1C1CCCCC1. The maximum absolute atomic E-state index is 9.48. The molecule has 2 aromatic carbocycles. The summed E-state index contributed by atoms with van der Waals surface area (Å²) in [6, 6.07) is 10.5. The van der Waals surface area contributed by atoms with E-state index in [1.807, 2.05) is 30.4 Å². The lowest BCUT2D eigenvalue weighted by molar-refractivity contribution is 0.265. The lowest BCUT2D eigenvalue weighted by atomic mass is 9.83. The first-order chi connectivity index (χ1) is 17.4. The zero-order valence-electron chi connectivity index (χ0n) is 20.5. The van der Waals surface area contributed by atoms with Crippen molar-refractivity contribution in [2.45, 2.75) is 51.9 Å². The van der Waals surface area contributed by atoms with Gasteiger partial charge in [0, 0.05) is 17.7 Å². The van der Waals surface area contributed by atoms with E-state index < -0.39 is 12.0 Å². The van der Waals surface area contributed by atoms with Crippen LogP contribution in [0.15, 0.2) is 40.8 Å². The smallest absolute Gasteiger partial charge is 0.320 e. The molecular formula is C28H30N4O4. The average Bonchev–Trinajstić information content (AvgIpc) is 3.27. The molecule has 4 aromatic rings. The number of ether oxygens (including phenoxy) is 1. The Morgan fingerprint density at radius 1 is 0.944 bits per heavy atom. The molecule has 186 valence electrons. The number of hydrogen-bond acceptors (Lipinski definition) is 8. The summed E-state index contributed by atoms with van der Waals surface area (Å²) in [7, 11) is 0. The van der Waals surface area contributed by atoms with Gasteiger partial charge in [-0.3, -0.25) is 0 Å². The summed E-state index contributed by atoms with van der Waals surface area (Å²) >= 11 is 0. The maximum atomic E-state index is 9.48. The highest BCUT2D eigenvalue weighted by Crippen LogP contribution is 2.40. The van der Waals surface area contributed by atoms with Gasteiger partial charge < -0.3 is 19.4 Å². The van der Waals surface area contributed by atoms with Gasteiger partial charge in [-0.15, -0.1) is 4.98 Å². The van der Waals surface area contributed by atoms with Crippen LogP contribution >= 0.6 is 0 Å². The van der Waals surface area contributed by atoms with Crippen LogP contribution in [0.5, 0.6) is 17.8 Å². The summed E-state index contributed by atoms with van der Waals surface area (Å²) in [6.07, 6.45) is 9.95. The minimum atomic E-state index is -0.526. The summed E-state index contributed by atoms with van der Waals surface area (Å²) in [5.74, 6) is 2.59. The molecule has 0 spiro atoms. The standard InChI is InChI=1S/C28H30N4O4/c1-17(2)16-35-23-15-24-22(14-21(23)19-6-4-3-5-7-19)29-25(36-24)13-10-18-8-11-20(12-9-18)26-30-27(33)32-28(34)31-26/h8-15,17,19H,3-7,16H2,1-2H3,(H2,30,31,32,33,34). The fraction of sp³-hybridized carbons (Fsp3) is 0.357. The van der Waals surface area contributed by atoms with E-state index in [9.17, 15) is 10.2 Å². The van der Waals surface area contributed by atoms with E-state index in [1.54, 1.807) is 12.1 Å². The average molecular weight is 487 g/mol. The van der Waals surface area contributed by atoms with Crippen molar-refractivity contribution in [3.63, 3.8) is 0 Å². The molecule has 0 atom stereocenters. The molecule has 0 unspecified atom stereocenters. The molecule has 1 saturated carbocycles. The first-order valence-corrected chi connectivity index (χ1v) is 12.4. The highest BCUT2D eigenvalue weighted by Gasteiger charge is 2.22. The van der Waals surface area contributed by atoms with Crippen LogP contribution in [-0.4, -0.2) is 36.8 Å². The van der Waals surface area contributed by atoms with Crippen molar-refractivity contribution in [3.8, 4) is 29.2 Å². The molecule has 0 amide bonds. The van der Waals surface area contributed by atoms with Crippen LogP contribution in [0.1, 0.15) is 68.9 Å². The number of oxazole rings is 1. The zero-order valence-corrected chi connectivity index (χ0v) is 20.5. The van der Waals surface area contributed by atoms with Crippen LogP contribution in [0.4, 0.5) is 0 Å². The van der Waals surface area contributed by atoms with E-state index in [4.69, 9.17) is 14.1 Å². The van der Waals surface area contributed by atoms with Crippen LogP contribution in [0.2, 0.25) is 0 Å². The van der Waals surface area contributed by atoms with E-state index in [2.05, 4.69) is 34.9 Å². The Kier molecular flexibility index (Phi) is 6.84. The number of aromatic nitrogens is 4. The molecule has 1 aliphatic carbocycles. The highest BCUT2D eigenvalue weighted by atomic mass is 16.5. The number of benzene rings is 2. The minimum absolute atomic E-state index is 0.193. The molecule has 1 aliphatic rings. The van der Waals surface area contributed by atoms with E-state index in [1.165, 1.54) is 37.7 Å². The number of fused-ring (bicyclic) bond motifs is 1. The van der Waals surface area contributed by atoms with Crippen LogP contribution in [0.25, 0.3) is 34.6 Å². The van der Waals surface area contributed by atoms with Gasteiger partial charge >= 0.3 is 12.0 Å². The van der Waals surface area contributed by atoms with Gasteiger partial charge in [-0.2, -0.15) is 9.97 Å². The van der Waals surface area contributed by atoms with Crippen LogP contribution in [0, 0.1) is 5.92 Å². The molecule has 1 fully saturated rings. The van der Waals surface area contributed by atoms with Crippen molar-refractivity contribution >= 4 is 23.3 Å². The topological polar surface area (TPSA) is 114 Å². The van der Waals surface area contributed by atoms with Gasteiger partial charge in [0.15, 0.2) is 11.4 Å². The molecule has 0 aliphatic heterocycles. The van der Waals surface area contributed by atoms with Crippen molar-refractivity contribution < 1.29 is 19.4 Å². The Morgan fingerprint density at radius 3 is 2.36 bits per heavy atom. The number of aromatic hydroxyl groups is 2. The van der Waals surface area contributed by atoms with E-state index in [0.29, 0.717) is 29.9 Å². The maximum Gasteiger partial charge on any atom is 0.320 e. The third kappa shape index (κ3) is 5.48. The van der Waals surface area contributed by atoms with E-state index in [0.717, 1.165) is 22.4 Å². The molecule has 0 saturated heterocycles. The summed E-state index contributed by atoms with van der Waals surface area (Å²) in [4.78, 5) is 15.8. The summed E-state index contributed by atoms with van der Waals surface area (Å²) in [6.45, 7) is 4.98. The Morgan fingerprint density at radius 2 is 1.67 bits per heavy atom. The van der Waals surface area contributed by atoms with Crippen molar-refractivity contribution in [2.75, 3.05) is 6.61 Å². The normalized spacial score (nSPS) is 14.8. The second-order valence-corrected chi connectivity index (χ2v) is 9.66. The monoisotopic (exact) mass is 486 g/mol. The molecule has 0 radical (unpaired) electrons. The van der Waals surface area contributed by atoms with Crippen LogP contribution < -0.4 is 4.74 Å². The lowest BCUT2D eigenvalue weighted by Gasteiger charge is -2.24. The van der Waals surface area contributed by atoms with Gasteiger partial charge in [-0.05, 0) is 47.9 Å². The molecule has 2 heterocycles. The molecular weight excluding hydrogens is 456 g/mol. The largest absolute Gasteiger partial charge is 0.493 e. The quantitative estimate of drug-likeness (QED) is 0.311. The van der Waals surface area contributed by atoms with Crippen LogP contribution in [0.3, 0.4) is 0 Å². The van der Waals surface area contributed by atoms with Crippen molar-refractivity contribution in [1.29, 1.82) is 0 Å². The third-order valence-electron chi connectivity index (χ3n) is 6.35. The molecule has 2 N–H and O–H groups in total. The Balaban J connectivity index is 1.38. The Bertz CT molecular complexity index is 1350. The fourth-order valence-electron chi connectivity index (χ4n) is 4.57. The van der Waals surface area contributed by atoms with Gasteiger partial charge in [-0.1, -0.05) is 57.4 Å². The summed E-state index contributed by atoms with van der Waals surface area (Å²) in [5.41, 5.74) is 4.38. The molecule has 5 rings (SSSR count). The second kappa shape index (κ2) is 10.4. The number of hydrogen-bond donors (Lipinski definition) is 2. The number of rotatable bonds is 7. The first-order valence-electron chi connectivity index (χ1n) is 12.4. The zero-order chi connectivity index (χ0) is 25.1. The second-order valence-electron chi connectivity index (χ2n) is 9.66. The van der Waals surface area contributed by atoms with Gasteiger partial charge in [0.25, 0.3) is 0 Å². The molecule has 8 heteroatoms. The van der Waals surface area contributed by atoms with Gasteiger partial charge in [0.1, 0.15) is 11.3 Å². The predicted molar refractivity (Wildman–Crippen MR) is 138 cm³/mol. The summed E-state index contributed by atoms with van der Waals surface area (Å²) in [5, 5.41) is 19.0. The number of nitrogens with zero attached hydrogens (tertiary/aromatic N) is 4. The van der Waals surface area contributed by atoms with E-state index >= 15 is 0 Å². The molecule has 36 heavy (non-hydrogen) atoms. The van der Waals surface area contributed by atoms with Gasteiger partial charge in [0.2, 0.25) is 5.89 Å². The van der Waals surface area contributed by atoms with Gasteiger partial charge in [-0.25, -0.2) is 4.98 Å². The molecule has 2 aromatic heterocycles. The fourth-order valence-corrected chi connectivity index (χ4v) is 4.57.